The van der Waals surface area contributed by atoms with Crippen LogP contribution >= 0.6 is 11.6 Å². The van der Waals surface area contributed by atoms with E-state index in [9.17, 15) is 9.65 Å². The summed E-state index contributed by atoms with van der Waals surface area (Å²) in [4.78, 5) is 0. The Morgan fingerprint density at radius 3 is 2.86 bits per heavy atom. The Morgan fingerprint density at radius 2 is 2.14 bits per heavy atom. The molecule has 22 heavy (non-hydrogen) atoms. The molecule has 0 radical (unpaired) electrons. The maximum absolute atomic E-state index is 14.3. The lowest BCUT2D eigenvalue weighted by atomic mass is 9.81. The Bertz CT molecular complexity index is 568. The van der Waals surface area contributed by atoms with Crippen molar-refractivity contribution in [1.29, 1.82) is 5.26 Å². The Hall–Kier alpha value is -1.15. The van der Waals surface area contributed by atoms with Crippen LogP contribution in [0.15, 0.2) is 18.2 Å². The molecule has 2 aliphatic heterocycles. The molecule has 118 valence electrons. The van der Waals surface area contributed by atoms with Crippen molar-refractivity contribution in [3.8, 4) is 6.07 Å². The van der Waals surface area contributed by atoms with E-state index in [1.165, 1.54) is 0 Å². The lowest BCUT2D eigenvalue weighted by Gasteiger charge is -2.26. The number of nitriles is 1. The molecule has 0 spiro atoms. The first-order chi connectivity index (χ1) is 10.7. The standard InChI is InChI=1S/C17H20ClFN2O/c18-15-3-1-2-12(17(15)19)14-10-21-16(13(14)9-20)8-11-4-6-22-7-5-11/h1-3,11,13-14,16,21H,4-8,10H2. The second-order valence-electron chi connectivity index (χ2n) is 6.21. The summed E-state index contributed by atoms with van der Waals surface area (Å²) in [6, 6.07) is 7.56. The topological polar surface area (TPSA) is 45.0 Å². The van der Waals surface area contributed by atoms with Gasteiger partial charge in [-0.05, 0) is 36.8 Å². The van der Waals surface area contributed by atoms with E-state index in [4.69, 9.17) is 16.3 Å². The van der Waals surface area contributed by atoms with E-state index in [0.717, 1.165) is 32.5 Å². The van der Waals surface area contributed by atoms with Gasteiger partial charge in [0.15, 0.2) is 0 Å². The minimum atomic E-state index is -0.386. The SMILES string of the molecule is N#CC1C(CC2CCOCC2)NCC1c1cccc(Cl)c1F. The van der Waals surface area contributed by atoms with E-state index in [1.54, 1.807) is 18.2 Å². The Balaban J connectivity index is 1.74. The number of rotatable bonds is 3. The molecular weight excluding hydrogens is 303 g/mol. The van der Waals surface area contributed by atoms with Crippen molar-refractivity contribution in [2.75, 3.05) is 19.8 Å². The molecule has 1 aromatic rings. The van der Waals surface area contributed by atoms with Crippen LogP contribution in [-0.2, 0) is 4.74 Å². The maximum atomic E-state index is 14.3. The molecule has 1 aromatic carbocycles. The van der Waals surface area contributed by atoms with Gasteiger partial charge in [-0.2, -0.15) is 5.26 Å². The monoisotopic (exact) mass is 322 g/mol. The third-order valence-corrected chi connectivity index (χ3v) is 5.22. The summed E-state index contributed by atoms with van der Waals surface area (Å²) in [6.07, 6.45) is 3.05. The van der Waals surface area contributed by atoms with Crippen LogP contribution in [0.4, 0.5) is 4.39 Å². The third kappa shape index (κ3) is 3.12. The van der Waals surface area contributed by atoms with Crippen molar-refractivity contribution < 1.29 is 9.13 Å². The zero-order valence-electron chi connectivity index (χ0n) is 12.4. The summed E-state index contributed by atoms with van der Waals surface area (Å²) < 4.78 is 19.7. The Morgan fingerprint density at radius 1 is 1.36 bits per heavy atom. The van der Waals surface area contributed by atoms with Crippen LogP contribution < -0.4 is 5.32 Å². The van der Waals surface area contributed by atoms with E-state index in [1.807, 2.05) is 0 Å². The minimum Gasteiger partial charge on any atom is -0.381 e. The fourth-order valence-electron chi connectivity index (χ4n) is 3.67. The van der Waals surface area contributed by atoms with Gasteiger partial charge in [0.25, 0.3) is 0 Å². The van der Waals surface area contributed by atoms with Gasteiger partial charge >= 0.3 is 0 Å². The molecule has 3 atom stereocenters. The molecular formula is C17H20ClFN2O. The second-order valence-corrected chi connectivity index (χ2v) is 6.62. The molecule has 2 heterocycles. The van der Waals surface area contributed by atoms with Gasteiger partial charge in [-0.15, -0.1) is 0 Å². The number of hydrogen-bond donors (Lipinski definition) is 1. The highest BCUT2D eigenvalue weighted by Crippen LogP contribution is 2.37. The van der Waals surface area contributed by atoms with Gasteiger partial charge < -0.3 is 10.1 Å². The number of benzene rings is 1. The third-order valence-electron chi connectivity index (χ3n) is 4.93. The molecule has 3 nitrogen and oxygen atoms in total. The molecule has 2 aliphatic rings. The van der Waals surface area contributed by atoms with Gasteiger partial charge in [0, 0.05) is 31.7 Å². The average Bonchev–Trinajstić information content (AvgIpc) is 2.93. The summed E-state index contributed by atoms with van der Waals surface area (Å²) in [5.41, 5.74) is 0.557. The molecule has 0 bridgehead atoms. The largest absolute Gasteiger partial charge is 0.381 e. The number of hydrogen-bond acceptors (Lipinski definition) is 3. The number of nitrogens with zero attached hydrogens (tertiary/aromatic N) is 1. The van der Waals surface area contributed by atoms with Gasteiger partial charge in [-0.1, -0.05) is 23.7 Å². The molecule has 3 unspecified atom stereocenters. The first-order valence-electron chi connectivity index (χ1n) is 7.85. The second kappa shape index (κ2) is 6.95. The lowest BCUT2D eigenvalue weighted by Crippen LogP contribution is -2.31. The summed E-state index contributed by atoms with van der Waals surface area (Å²) in [6.45, 7) is 2.24. The van der Waals surface area contributed by atoms with Crippen molar-refractivity contribution in [1.82, 2.24) is 5.32 Å². The smallest absolute Gasteiger partial charge is 0.145 e. The molecule has 0 aliphatic carbocycles. The van der Waals surface area contributed by atoms with Crippen molar-refractivity contribution in [2.45, 2.75) is 31.2 Å². The van der Waals surface area contributed by atoms with E-state index < -0.39 is 0 Å². The van der Waals surface area contributed by atoms with Crippen LogP contribution in [0, 0.1) is 29.0 Å². The predicted molar refractivity (Wildman–Crippen MR) is 83.2 cm³/mol. The maximum Gasteiger partial charge on any atom is 0.145 e. The highest BCUT2D eigenvalue weighted by atomic mass is 35.5. The zero-order valence-corrected chi connectivity index (χ0v) is 13.2. The predicted octanol–water partition coefficient (Wildman–Crippen LogP) is 3.49. The zero-order chi connectivity index (χ0) is 15.5. The summed E-state index contributed by atoms with van der Waals surface area (Å²) >= 11 is 5.88. The molecule has 0 amide bonds. The first kappa shape index (κ1) is 15.7. The highest BCUT2D eigenvalue weighted by molar-refractivity contribution is 6.30. The van der Waals surface area contributed by atoms with Crippen molar-refractivity contribution >= 4 is 11.6 Å². The van der Waals surface area contributed by atoms with Crippen LogP contribution in [0.3, 0.4) is 0 Å². The van der Waals surface area contributed by atoms with Crippen molar-refractivity contribution in [2.24, 2.45) is 11.8 Å². The van der Waals surface area contributed by atoms with Gasteiger partial charge in [0.1, 0.15) is 5.82 Å². The van der Waals surface area contributed by atoms with Crippen molar-refractivity contribution in [3.05, 3.63) is 34.6 Å². The lowest BCUT2D eigenvalue weighted by molar-refractivity contribution is 0.0603. The van der Waals surface area contributed by atoms with E-state index in [-0.39, 0.29) is 28.7 Å². The highest BCUT2D eigenvalue weighted by Gasteiger charge is 2.39. The van der Waals surface area contributed by atoms with Crippen LogP contribution in [-0.4, -0.2) is 25.8 Å². The van der Waals surface area contributed by atoms with Gasteiger partial charge in [-0.25, -0.2) is 4.39 Å². The van der Waals surface area contributed by atoms with Gasteiger partial charge in [0.05, 0.1) is 17.0 Å². The Labute approximate surface area is 135 Å². The molecule has 0 saturated carbocycles. The number of nitrogens with one attached hydrogen (secondary N) is 1. The van der Waals surface area contributed by atoms with Gasteiger partial charge in [0.2, 0.25) is 0 Å². The van der Waals surface area contributed by atoms with Crippen LogP contribution in [0.5, 0.6) is 0 Å². The van der Waals surface area contributed by atoms with Gasteiger partial charge in [-0.3, -0.25) is 0 Å². The Kier molecular flexibility index (Phi) is 4.97. The fraction of sp³-hybridized carbons (Fsp3) is 0.588. The minimum absolute atomic E-state index is 0.122. The number of ether oxygens (including phenoxy) is 1. The normalized spacial score (nSPS) is 29.4. The molecule has 0 aromatic heterocycles. The van der Waals surface area contributed by atoms with E-state index >= 15 is 0 Å². The molecule has 2 fully saturated rings. The van der Waals surface area contributed by atoms with E-state index in [0.29, 0.717) is 18.0 Å². The number of halogens is 2. The van der Waals surface area contributed by atoms with E-state index in [2.05, 4.69) is 11.4 Å². The quantitative estimate of drug-likeness (QED) is 0.926. The summed E-state index contributed by atoms with van der Waals surface area (Å²) in [5, 5.41) is 13.1. The molecule has 3 rings (SSSR count). The van der Waals surface area contributed by atoms with Crippen LogP contribution in [0.1, 0.15) is 30.7 Å². The average molecular weight is 323 g/mol. The van der Waals surface area contributed by atoms with Crippen LogP contribution in [0.2, 0.25) is 5.02 Å². The summed E-state index contributed by atoms with van der Waals surface area (Å²) in [7, 11) is 0. The summed E-state index contributed by atoms with van der Waals surface area (Å²) in [5.74, 6) is -0.141. The first-order valence-corrected chi connectivity index (χ1v) is 8.23. The molecule has 2 saturated heterocycles. The van der Waals surface area contributed by atoms with Crippen LogP contribution in [0.25, 0.3) is 0 Å². The van der Waals surface area contributed by atoms with Crippen molar-refractivity contribution in [3.63, 3.8) is 0 Å². The molecule has 5 heteroatoms. The fourth-order valence-corrected chi connectivity index (χ4v) is 3.86. The molecule has 1 N–H and O–H groups in total.